The fourth-order valence-electron chi connectivity index (χ4n) is 4.71. The first kappa shape index (κ1) is 24.4. The van der Waals surface area contributed by atoms with E-state index in [1.165, 1.54) is 0 Å². The second-order valence-electron chi connectivity index (χ2n) is 10.7. The first-order valence-corrected chi connectivity index (χ1v) is 12.8. The molecule has 194 valence electrons. The molecule has 0 saturated carbocycles. The van der Waals surface area contributed by atoms with Gasteiger partial charge in [0.05, 0.1) is 28.9 Å². The topological polar surface area (TPSA) is 101 Å². The number of anilines is 2. The molecule has 0 saturated heterocycles. The van der Waals surface area contributed by atoms with Crippen LogP contribution in [0, 0.1) is 6.92 Å². The number of aromatic nitrogens is 5. The highest BCUT2D eigenvalue weighted by Gasteiger charge is 2.22. The Balaban J connectivity index is 1.34. The molecule has 3 aromatic heterocycles. The SMILES string of the molecule is Cc1ccc(-n2nc(C(C)(C)C)cc2NC(=O)Nc2ccc(-c3ccnc4nc[nH]c34)c3ccccc23)cc1. The van der Waals surface area contributed by atoms with E-state index in [-0.39, 0.29) is 11.4 Å². The maximum atomic E-state index is 13.3. The van der Waals surface area contributed by atoms with Crippen molar-refractivity contribution < 1.29 is 4.79 Å². The number of nitrogens with one attached hydrogen (secondary N) is 3. The Kier molecular flexibility index (Phi) is 5.87. The van der Waals surface area contributed by atoms with E-state index in [2.05, 4.69) is 52.4 Å². The van der Waals surface area contributed by atoms with E-state index < -0.39 is 0 Å². The van der Waals surface area contributed by atoms with Gasteiger partial charge in [0.25, 0.3) is 0 Å². The molecule has 39 heavy (non-hydrogen) atoms. The Morgan fingerprint density at radius 1 is 0.872 bits per heavy atom. The molecule has 3 aromatic carbocycles. The third-order valence-corrected chi connectivity index (χ3v) is 6.79. The highest BCUT2D eigenvalue weighted by Crippen LogP contribution is 2.35. The van der Waals surface area contributed by atoms with Crippen molar-refractivity contribution in [2.75, 3.05) is 10.6 Å². The number of H-pyrrole nitrogens is 1. The number of carbonyl (C=O) groups is 1. The lowest BCUT2D eigenvalue weighted by Crippen LogP contribution is -2.21. The monoisotopic (exact) mass is 515 g/mol. The van der Waals surface area contributed by atoms with E-state index in [0.29, 0.717) is 17.2 Å². The summed E-state index contributed by atoms with van der Waals surface area (Å²) >= 11 is 0. The molecule has 0 bridgehead atoms. The fourth-order valence-corrected chi connectivity index (χ4v) is 4.71. The second-order valence-corrected chi connectivity index (χ2v) is 10.7. The molecule has 2 amide bonds. The van der Waals surface area contributed by atoms with Crippen LogP contribution in [0.25, 0.3) is 38.8 Å². The number of urea groups is 1. The van der Waals surface area contributed by atoms with Crippen molar-refractivity contribution in [3.63, 3.8) is 0 Å². The van der Waals surface area contributed by atoms with E-state index in [4.69, 9.17) is 5.10 Å². The van der Waals surface area contributed by atoms with Crippen molar-refractivity contribution >= 4 is 39.5 Å². The van der Waals surface area contributed by atoms with E-state index in [9.17, 15) is 4.79 Å². The highest BCUT2D eigenvalue weighted by atomic mass is 16.2. The molecule has 0 aliphatic rings. The first-order chi connectivity index (χ1) is 18.8. The molecular weight excluding hydrogens is 486 g/mol. The molecule has 0 radical (unpaired) electrons. The molecule has 0 spiro atoms. The number of benzene rings is 3. The van der Waals surface area contributed by atoms with E-state index in [1.807, 2.05) is 73.7 Å². The van der Waals surface area contributed by atoms with Gasteiger partial charge in [-0.25, -0.2) is 19.4 Å². The zero-order chi connectivity index (χ0) is 27.1. The number of nitrogens with zero attached hydrogens (tertiary/aromatic N) is 4. The molecule has 3 N–H and O–H groups in total. The van der Waals surface area contributed by atoms with Gasteiger partial charge in [0, 0.05) is 28.6 Å². The van der Waals surface area contributed by atoms with Crippen LogP contribution in [0.4, 0.5) is 16.3 Å². The van der Waals surface area contributed by atoms with Crippen LogP contribution in [0.1, 0.15) is 32.0 Å². The minimum Gasteiger partial charge on any atom is -0.343 e. The van der Waals surface area contributed by atoms with Gasteiger partial charge in [-0.15, -0.1) is 0 Å². The average Bonchev–Trinajstić information content (AvgIpc) is 3.57. The smallest absolute Gasteiger partial charge is 0.324 e. The zero-order valence-corrected chi connectivity index (χ0v) is 22.3. The number of imidazole rings is 1. The van der Waals surface area contributed by atoms with Gasteiger partial charge >= 0.3 is 6.03 Å². The predicted molar refractivity (Wildman–Crippen MR) is 156 cm³/mol. The predicted octanol–water partition coefficient (Wildman–Crippen LogP) is 7.21. The Labute approximate surface area is 226 Å². The van der Waals surface area contributed by atoms with Crippen molar-refractivity contribution in [1.29, 1.82) is 0 Å². The Morgan fingerprint density at radius 2 is 1.64 bits per heavy atom. The van der Waals surface area contributed by atoms with E-state index >= 15 is 0 Å². The van der Waals surface area contributed by atoms with Gasteiger partial charge in [0.2, 0.25) is 0 Å². The fraction of sp³-hybridized carbons (Fsp3) is 0.161. The van der Waals surface area contributed by atoms with Gasteiger partial charge in [-0.05, 0) is 42.1 Å². The molecule has 3 heterocycles. The number of hydrogen-bond acceptors (Lipinski definition) is 4. The van der Waals surface area contributed by atoms with Gasteiger partial charge in [0.1, 0.15) is 5.82 Å². The number of aromatic amines is 1. The molecule has 0 atom stereocenters. The van der Waals surface area contributed by atoms with E-state index in [0.717, 1.165) is 44.4 Å². The molecule has 0 unspecified atom stereocenters. The molecule has 8 nitrogen and oxygen atoms in total. The summed E-state index contributed by atoms with van der Waals surface area (Å²) in [5.74, 6) is 0.598. The summed E-state index contributed by atoms with van der Waals surface area (Å²) in [6.07, 6.45) is 3.41. The number of fused-ring (bicyclic) bond motifs is 2. The number of pyridine rings is 1. The van der Waals surface area contributed by atoms with Gasteiger partial charge < -0.3 is 10.3 Å². The summed E-state index contributed by atoms with van der Waals surface area (Å²) in [4.78, 5) is 25.2. The highest BCUT2D eigenvalue weighted by molar-refractivity contribution is 6.11. The lowest BCUT2D eigenvalue weighted by molar-refractivity contribution is 0.262. The quantitative estimate of drug-likeness (QED) is 0.231. The van der Waals surface area contributed by atoms with Gasteiger partial charge in [-0.3, -0.25) is 5.32 Å². The Hall–Kier alpha value is -4.98. The van der Waals surface area contributed by atoms with Crippen molar-refractivity contribution in [3.8, 4) is 16.8 Å². The van der Waals surface area contributed by atoms with Crippen LogP contribution in [0.3, 0.4) is 0 Å². The number of rotatable bonds is 4. The minimum atomic E-state index is -0.346. The number of hydrogen-bond donors (Lipinski definition) is 3. The van der Waals surface area contributed by atoms with Crippen LogP contribution in [0.5, 0.6) is 0 Å². The van der Waals surface area contributed by atoms with Gasteiger partial charge in [-0.1, -0.05) is 68.8 Å². The van der Waals surface area contributed by atoms with Crippen molar-refractivity contribution in [3.05, 3.63) is 96.6 Å². The summed E-state index contributed by atoms with van der Waals surface area (Å²) in [6.45, 7) is 8.35. The zero-order valence-electron chi connectivity index (χ0n) is 22.3. The number of aryl methyl sites for hydroxylation is 1. The third-order valence-electron chi connectivity index (χ3n) is 6.79. The average molecular weight is 516 g/mol. The Morgan fingerprint density at radius 3 is 2.41 bits per heavy atom. The van der Waals surface area contributed by atoms with Crippen LogP contribution in [-0.2, 0) is 5.41 Å². The lowest BCUT2D eigenvalue weighted by Gasteiger charge is -2.14. The summed E-state index contributed by atoms with van der Waals surface area (Å²) in [7, 11) is 0. The van der Waals surface area contributed by atoms with Crippen LogP contribution in [-0.4, -0.2) is 30.8 Å². The van der Waals surface area contributed by atoms with Crippen LogP contribution >= 0.6 is 0 Å². The van der Waals surface area contributed by atoms with E-state index in [1.54, 1.807) is 17.2 Å². The van der Waals surface area contributed by atoms with Crippen LogP contribution in [0.15, 0.2) is 85.3 Å². The summed E-state index contributed by atoms with van der Waals surface area (Å²) < 4.78 is 1.78. The van der Waals surface area contributed by atoms with Gasteiger partial charge in [-0.2, -0.15) is 5.10 Å². The first-order valence-electron chi connectivity index (χ1n) is 12.8. The summed E-state index contributed by atoms with van der Waals surface area (Å²) in [5, 5.41) is 12.8. The summed E-state index contributed by atoms with van der Waals surface area (Å²) in [5.41, 5.74) is 7.02. The number of carbonyl (C=O) groups excluding carboxylic acids is 1. The molecule has 0 aliphatic heterocycles. The van der Waals surface area contributed by atoms with Crippen molar-refractivity contribution in [2.24, 2.45) is 0 Å². The molecule has 8 heteroatoms. The molecule has 6 rings (SSSR count). The van der Waals surface area contributed by atoms with Crippen molar-refractivity contribution in [1.82, 2.24) is 24.7 Å². The number of amides is 2. The maximum Gasteiger partial charge on any atom is 0.324 e. The standard InChI is InChI=1S/C31H29N7O/c1-19-9-11-20(12-10-19)38-27(17-26(37-38)31(2,3)4)36-30(39)35-25-14-13-22(21-7-5-6-8-23(21)25)24-15-16-32-29-28(24)33-18-34-29/h5-18H,1-4H3,(H,32,33,34)(H2,35,36,39). The lowest BCUT2D eigenvalue weighted by atomic mass is 9.92. The van der Waals surface area contributed by atoms with Crippen LogP contribution in [0.2, 0.25) is 0 Å². The Bertz CT molecular complexity index is 1820. The molecule has 0 fully saturated rings. The normalized spacial score (nSPS) is 11.7. The third kappa shape index (κ3) is 4.61. The van der Waals surface area contributed by atoms with Crippen LogP contribution < -0.4 is 10.6 Å². The summed E-state index contributed by atoms with van der Waals surface area (Å²) in [6, 6.07) is 23.6. The van der Waals surface area contributed by atoms with Gasteiger partial charge in [0.15, 0.2) is 5.65 Å². The van der Waals surface area contributed by atoms with Crippen molar-refractivity contribution in [2.45, 2.75) is 33.1 Å². The largest absolute Gasteiger partial charge is 0.343 e. The molecule has 6 aromatic rings. The molecular formula is C31H29N7O. The maximum absolute atomic E-state index is 13.3. The second kappa shape index (κ2) is 9.40. The molecule has 0 aliphatic carbocycles. The minimum absolute atomic E-state index is 0.179.